The molecule has 3 aromatic rings. The number of imidazole rings is 1. The molecule has 5 heteroatoms. The quantitative estimate of drug-likeness (QED) is 0.545. The molecule has 1 aromatic heterocycles. The Kier molecular flexibility index (Phi) is 3.48. The first kappa shape index (κ1) is 13.9. The van der Waals surface area contributed by atoms with Gasteiger partial charge in [0.1, 0.15) is 0 Å². The van der Waals surface area contributed by atoms with Crippen LogP contribution in [0.4, 0.5) is 0 Å². The Labute approximate surface area is 135 Å². The number of aromatic amines is 1. The number of hydrogen-bond donors (Lipinski definition) is 1. The second-order valence-electron chi connectivity index (χ2n) is 4.79. The van der Waals surface area contributed by atoms with Crippen molar-refractivity contribution in [2.75, 3.05) is 0 Å². The molecule has 0 amide bonds. The van der Waals surface area contributed by atoms with Gasteiger partial charge < -0.3 is 4.98 Å². The molecule has 0 aliphatic rings. The molecule has 0 spiro atoms. The van der Waals surface area contributed by atoms with Crippen molar-refractivity contribution >= 4 is 50.8 Å². The van der Waals surface area contributed by atoms with Crippen LogP contribution < -0.4 is 0 Å². The lowest BCUT2D eigenvalue weighted by molar-refractivity contribution is 1.05. The lowest BCUT2D eigenvalue weighted by Gasteiger charge is -2.10. The van der Waals surface area contributed by atoms with Gasteiger partial charge in [0.25, 0.3) is 0 Å². The zero-order valence-electron chi connectivity index (χ0n) is 11.0. The van der Waals surface area contributed by atoms with E-state index in [-0.39, 0.29) is 0 Å². The molecule has 1 N–H and O–H groups in total. The monoisotopic (exact) mass is 366 g/mol. The van der Waals surface area contributed by atoms with E-state index >= 15 is 0 Å². The minimum absolute atomic E-state index is 0.647. The summed E-state index contributed by atoms with van der Waals surface area (Å²) in [5.74, 6) is 0. The molecular formula is C15H12BrClN2S. The zero-order valence-corrected chi connectivity index (χ0v) is 14.2. The molecule has 0 unspecified atom stereocenters. The van der Waals surface area contributed by atoms with E-state index in [4.69, 9.17) is 23.8 Å². The number of H-pyrrole nitrogens is 1. The van der Waals surface area contributed by atoms with E-state index < -0.39 is 0 Å². The van der Waals surface area contributed by atoms with E-state index in [0.29, 0.717) is 9.79 Å². The van der Waals surface area contributed by atoms with Crippen LogP contribution in [0, 0.1) is 18.6 Å². The molecule has 3 rings (SSSR count). The molecule has 0 aliphatic carbocycles. The van der Waals surface area contributed by atoms with E-state index in [1.165, 1.54) is 11.1 Å². The van der Waals surface area contributed by atoms with Gasteiger partial charge in [0.15, 0.2) is 4.77 Å². The number of para-hydroxylation sites is 1. The minimum Gasteiger partial charge on any atom is -0.329 e. The van der Waals surface area contributed by atoms with Gasteiger partial charge in [0.2, 0.25) is 0 Å². The SMILES string of the molecule is Cc1cc(-n2c(=S)[nH]c3c(Cl)cccc32)cc(C)c1Br. The fourth-order valence-electron chi connectivity index (χ4n) is 2.40. The highest BCUT2D eigenvalue weighted by Crippen LogP contribution is 2.29. The third-order valence-electron chi connectivity index (χ3n) is 3.35. The number of nitrogens with zero attached hydrogens (tertiary/aromatic N) is 1. The van der Waals surface area contributed by atoms with Gasteiger partial charge in [-0.05, 0) is 61.5 Å². The van der Waals surface area contributed by atoms with Crippen LogP contribution in [0.15, 0.2) is 34.8 Å². The van der Waals surface area contributed by atoms with Gasteiger partial charge in [0.05, 0.1) is 16.1 Å². The van der Waals surface area contributed by atoms with E-state index in [1.807, 2.05) is 22.8 Å². The Morgan fingerprint density at radius 2 is 1.85 bits per heavy atom. The molecular weight excluding hydrogens is 356 g/mol. The van der Waals surface area contributed by atoms with Crippen molar-refractivity contribution in [2.45, 2.75) is 13.8 Å². The first-order valence-electron chi connectivity index (χ1n) is 6.15. The van der Waals surface area contributed by atoms with Crippen LogP contribution in [0.3, 0.4) is 0 Å². The molecule has 0 radical (unpaired) electrons. The number of benzene rings is 2. The zero-order chi connectivity index (χ0) is 14.4. The van der Waals surface area contributed by atoms with E-state index in [9.17, 15) is 0 Å². The van der Waals surface area contributed by atoms with Crippen LogP contribution in [0.25, 0.3) is 16.7 Å². The maximum atomic E-state index is 6.22. The van der Waals surface area contributed by atoms with Crippen molar-refractivity contribution in [3.05, 3.63) is 55.7 Å². The summed E-state index contributed by atoms with van der Waals surface area (Å²) in [6.45, 7) is 4.15. The molecule has 0 bridgehead atoms. The number of halogens is 2. The van der Waals surface area contributed by atoms with E-state index in [0.717, 1.165) is 21.2 Å². The van der Waals surface area contributed by atoms with Gasteiger partial charge in [0, 0.05) is 10.2 Å². The summed E-state index contributed by atoms with van der Waals surface area (Å²) in [6.07, 6.45) is 0. The van der Waals surface area contributed by atoms with Crippen molar-refractivity contribution in [1.29, 1.82) is 0 Å². The normalized spacial score (nSPS) is 11.2. The predicted molar refractivity (Wildman–Crippen MR) is 90.6 cm³/mol. The van der Waals surface area contributed by atoms with E-state index in [1.54, 1.807) is 0 Å². The van der Waals surface area contributed by atoms with Gasteiger partial charge >= 0.3 is 0 Å². The second kappa shape index (κ2) is 5.02. The summed E-state index contributed by atoms with van der Waals surface area (Å²) in [7, 11) is 0. The fourth-order valence-corrected chi connectivity index (χ4v) is 3.16. The van der Waals surface area contributed by atoms with Crippen LogP contribution in [-0.4, -0.2) is 9.55 Å². The van der Waals surface area contributed by atoms with Crippen molar-refractivity contribution in [3.63, 3.8) is 0 Å². The first-order valence-corrected chi connectivity index (χ1v) is 7.73. The smallest absolute Gasteiger partial charge is 0.182 e. The van der Waals surface area contributed by atoms with Gasteiger partial charge in [-0.3, -0.25) is 4.57 Å². The van der Waals surface area contributed by atoms with Gasteiger partial charge in [-0.2, -0.15) is 0 Å². The van der Waals surface area contributed by atoms with Crippen molar-refractivity contribution in [1.82, 2.24) is 9.55 Å². The Morgan fingerprint density at radius 1 is 1.20 bits per heavy atom. The van der Waals surface area contributed by atoms with Crippen LogP contribution in [-0.2, 0) is 0 Å². The Morgan fingerprint density at radius 3 is 2.50 bits per heavy atom. The lowest BCUT2D eigenvalue weighted by Crippen LogP contribution is -1.96. The summed E-state index contributed by atoms with van der Waals surface area (Å²) < 4.78 is 3.79. The Hall–Kier alpha value is -1.10. The van der Waals surface area contributed by atoms with Crippen molar-refractivity contribution < 1.29 is 0 Å². The number of aryl methyl sites for hydroxylation is 2. The molecule has 102 valence electrons. The summed E-state index contributed by atoms with van der Waals surface area (Å²) in [5.41, 5.74) is 5.26. The van der Waals surface area contributed by atoms with E-state index in [2.05, 4.69) is 46.9 Å². The van der Waals surface area contributed by atoms with Gasteiger partial charge in [-0.15, -0.1) is 0 Å². The average molecular weight is 368 g/mol. The number of rotatable bonds is 1. The fraction of sp³-hybridized carbons (Fsp3) is 0.133. The second-order valence-corrected chi connectivity index (χ2v) is 6.38. The number of hydrogen-bond acceptors (Lipinski definition) is 1. The standard InChI is InChI=1S/C15H12BrClN2S/c1-8-6-10(7-9(2)13(8)16)19-12-5-3-4-11(17)14(12)18-15(19)20/h3-7H,1-2H3,(H,18,20). The molecule has 2 aromatic carbocycles. The van der Waals surface area contributed by atoms with Crippen molar-refractivity contribution in [2.24, 2.45) is 0 Å². The van der Waals surface area contributed by atoms with Crippen LogP contribution in [0.2, 0.25) is 5.02 Å². The van der Waals surface area contributed by atoms with Crippen LogP contribution in [0.5, 0.6) is 0 Å². The molecule has 0 aliphatic heterocycles. The lowest BCUT2D eigenvalue weighted by atomic mass is 10.1. The van der Waals surface area contributed by atoms with Gasteiger partial charge in [-0.25, -0.2) is 0 Å². The predicted octanol–water partition coefficient (Wildman–Crippen LogP) is 5.72. The molecule has 0 saturated carbocycles. The highest BCUT2D eigenvalue weighted by Gasteiger charge is 2.11. The molecule has 0 atom stereocenters. The molecule has 2 nitrogen and oxygen atoms in total. The number of nitrogens with one attached hydrogen (secondary N) is 1. The number of aromatic nitrogens is 2. The average Bonchev–Trinajstić information content (AvgIpc) is 2.73. The Bertz CT molecular complexity index is 856. The molecule has 0 saturated heterocycles. The minimum atomic E-state index is 0.647. The van der Waals surface area contributed by atoms with Crippen molar-refractivity contribution in [3.8, 4) is 5.69 Å². The summed E-state index contributed by atoms with van der Waals surface area (Å²) in [4.78, 5) is 3.18. The maximum Gasteiger partial charge on any atom is 0.182 e. The largest absolute Gasteiger partial charge is 0.329 e. The highest BCUT2D eigenvalue weighted by molar-refractivity contribution is 9.10. The topological polar surface area (TPSA) is 20.7 Å². The van der Waals surface area contributed by atoms with Gasteiger partial charge in [-0.1, -0.05) is 33.6 Å². The first-order chi connectivity index (χ1) is 9.49. The molecule has 0 fully saturated rings. The third kappa shape index (κ3) is 2.12. The summed E-state index contributed by atoms with van der Waals surface area (Å²) in [6, 6.07) is 10.0. The van der Waals surface area contributed by atoms with Crippen LogP contribution in [0.1, 0.15) is 11.1 Å². The summed E-state index contributed by atoms with van der Waals surface area (Å²) in [5, 5.41) is 0.679. The maximum absolute atomic E-state index is 6.22. The number of fused-ring (bicyclic) bond motifs is 1. The van der Waals surface area contributed by atoms with Crippen LogP contribution >= 0.6 is 39.7 Å². The Balaban J connectivity index is 2.38. The molecule has 20 heavy (non-hydrogen) atoms. The third-order valence-corrected chi connectivity index (χ3v) is 5.20. The highest BCUT2D eigenvalue weighted by atomic mass is 79.9. The summed E-state index contributed by atoms with van der Waals surface area (Å²) >= 11 is 15.3. The molecule has 1 heterocycles.